The largest absolute Gasteiger partial charge is 0.295 e. The molecule has 1 N–H and O–H groups in total. The molecule has 0 radical (unpaired) electrons. The van der Waals surface area contributed by atoms with Gasteiger partial charge in [0.25, 0.3) is 0 Å². The van der Waals surface area contributed by atoms with Crippen LogP contribution in [0, 0.1) is 5.82 Å². The number of nitrogens with zero attached hydrogens (tertiary/aromatic N) is 2. The second kappa shape index (κ2) is 9.22. The van der Waals surface area contributed by atoms with Gasteiger partial charge in [0.2, 0.25) is 11.8 Å². The summed E-state index contributed by atoms with van der Waals surface area (Å²) in [6.07, 6.45) is 3.81. The fraction of sp³-hybridized carbons (Fsp3) is 0.360. The van der Waals surface area contributed by atoms with E-state index < -0.39 is 0 Å². The van der Waals surface area contributed by atoms with Gasteiger partial charge in [0.1, 0.15) is 5.82 Å². The van der Waals surface area contributed by atoms with Crippen molar-refractivity contribution in [3.63, 3.8) is 0 Å². The summed E-state index contributed by atoms with van der Waals surface area (Å²) in [7, 11) is 0. The van der Waals surface area contributed by atoms with Crippen LogP contribution < -0.4 is 5.32 Å². The molecule has 5 rings (SSSR count). The Morgan fingerprint density at radius 1 is 1.15 bits per heavy atom. The molecule has 2 atom stereocenters. The number of piperidine rings is 1. The Labute approximate surface area is 203 Å². The SMILES string of the molecule is O=C1CCC(N2Cc3c(CN4CC=C(c5cccc(F)c5Cl)CC4)cccc3C2S)C(=O)N1. The van der Waals surface area contributed by atoms with Gasteiger partial charge in [0.15, 0.2) is 0 Å². The molecule has 1 saturated heterocycles. The molecule has 0 bridgehead atoms. The Kier molecular flexibility index (Phi) is 6.31. The van der Waals surface area contributed by atoms with Crippen LogP contribution in [0.2, 0.25) is 5.02 Å². The van der Waals surface area contributed by atoms with Crippen molar-refractivity contribution in [2.45, 2.75) is 43.8 Å². The number of hydrogen-bond acceptors (Lipinski definition) is 5. The summed E-state index contributed by atoms with van der Waals surface area (Å²) in [5.41, 5.74) is 5.41. The van der Waals surface area contributed by atoms with Gasteiger partial charge in [-0.05, 0) is 46.7 Å². The fourth-order valence-corrected chi connectivity index (χ4v) is 5.79. The van der Waals surface area contributed by atoms with Crippen molar-refractivity contribution in [3.05, 3.63) is 75.6 Å². The first kappa shape index (κ1) is 22.6. The Morgan fingerprint density at radius 3 is 2.73 bits per heavy atom. The predicted molar refractivity (Wildman–Crippen MR) is 129 cm³/mol. The van der Waals surface area contributed by atoms with E-state index in [1.165, 1.54) is 17.2 Å². The molecule has 8 heteroatoms. The topological polar surface area (TPSA) is 52.7 Å². The second-order valence-electron chi connectivity index (χ2n) is 8.81. The molecule has 33 heavy (non-hydrogen) atoms. The number of carbonyl (C=O) groups is 2. The average molecular weight is 486 g/mol. The molecule has 172 valence electrons. The Bertz CT molecular complexity index is 1150. The lowest BCUT2D eigenvalue weighted by atomic mass is 9.98. The fourth-order valence-electron chi connectivity index (χ4n) is 5.06. The number of amides is 2. The van der Waals surface area contributed by atoms with Gasteiger partial charge in [0, 0.05) is 32.6 Å². The summed E-state index contributed by atoms with van der Waals surface area (Å²) in [5.74, 6) is -0.829. The van der Waals surface area contributed by atoms with E-state index in [0.717, 1.165) is 42.8 Å². The van der Waals surface area contributed by atoms with Crippen molar-refractivity contribution in [1.29, 1.82) is 0 Å². The zero-order chi connectivity index (χ0) is 23.1. The van der Waals surface area contributed by atoms with Crippen LogP contribution in [-0.2, 0) is 22.7 Å². The van der Waals surface area contributed by atoms with E-state index in [1.807, 2.05) is 12.1 Å². The molecule has 0 aromatic heterocycles. The lowest BCUT2D eigenvalue weighted by Crippen LogP contribution is -2.51. The maximum Gasteiger partial charge on any atom is 0.243 e. The maximum absolute atomic E-state index is 13.8. The quantitative estimate of drug-likeness (QED) is 0.500. The summed E-state index contributed by atoms with van der Waals surface area (Å²) >= 11 is 11.0. The van der Waals surface area contributed by atoms with Gasteiger partial charge in [0.05, 0.1) is 16.4 Å². The molecular formula is C25H25ClFN3O2S. The minimum absolute atomic E-state index is 0.174. The predicted octanol–water partition coefficient (Wildman–Crippen LogP) is 4.32. The second-order valence-corrected chi connectivity index (χ2v) is 9.68. The van der Waals surface area contributed by atoms with Crippen LogP contribution in [0.5, 0.6) is 0 Å². The first-order valence-corrected chi connectivity index (χ1v) is 12.1. The van der Waals surface area contributed by atoms with Crippen molar-refractivity contribution >= 4 is 41.6 Å². The number of rotatable bonds is 4. The molecule has 0 saturated carbocycles. The van der Waals surface area contributed by atoms with E-state index in [1.54, 1.807) is 6.07 Å². The maximum atomic E-state index is 13.8. The van der Waals surface area contributed by atoms with Crippen molar-refractivity contribution in [2.75, 3.05) is 13.1 Å². The number of thiol groups is 1. The van der Waals surface area contributed by atoms with Crippen LogP contribution in [-0.4, -0.2) is 40.7 Å². The van der Waals surface area contributed by atoms with E-state index in [-0.39, 0.29) is 34.1 Å². The molecule has 3 aliphatic heterocycles. The molecule has 2 unspecified atom stereocenters. The number of carbonyl (C=O) groups excluding carboxylic acids is 2. The third-order valence-electron chi connectivity index (χ3n) is 6.84. The summed E-state index contributed by atoms with van der Waals surface area (Å²) in [5, 5.41) is 2.47. The van der Waals surface area contributed by atoms with E-state index >= 15 is 0 Å². The number of hydrogen-bond donors (Lipinski definition) is 2. The van der Waals surface area contributed by atoms with Gasteiger partial charge < -0.3 is 0 Å². The van der Waals surface area contributed by atoms with Crippen molar-refractivity contribution < 1.29 is 14.0 Å². The average Bonchev–Trinajstić information content (AvgIpc) is 3.14. The number of fused-ring (bicyclic) bond motifs is 1. The van der Waals surface area contributed by atoms with E-state index in [4.69, 9.17) is 24.2 Å². The lowest BCUT2D eigenvalue weighted by Gasteiger charge is -2.32. The molecule has 3 aliphatic rings. The molecule has 3 heterocycles. The Morgan fingerprint density at radius 2 is 1.97 bits per heavy atom. The normalized spacial score (nSPS) is 23.9. The Balaban J connectivity index is 1.30. The van der Waals surface area contributed by atoms with Gasteiger partial charge >= 0.3 is 0 Å². The number of nitrogens with one attached hydrogen (secondary N) is 1. The molecule has 2 aromatic rings. The summed E-state index contributed by atoms with van der Waals surface area (Å²) in [4.78, 5) is 28.4. The van der Waals surface area contributed by atoms with Gasteiger partial charge in [-0.25, -0.2) is 4.39 Å². The molecular weight excluding hydrogens is 461 g/mol. The monoisotopic (exact) mass is 485 g/mol. The number of benzene rings is 2. The molecule has 0 spiro atoms. The highest BCUT2D eigenvalue weighted by Crippen LogP contribution is 2.41. The summed E-state index contributed by atoms with van der Waals surface area (Å²) in [6, 6.07) is 10.8. The molecule has 2 amide bonds. The van der Waals surface area contributed by atoms with Gasteiger partial charge in [-0.3, -0.25) is 24.7 Å². The third kappa shape index (κ3) is 4.35. The van der Waals surface area contributed by atoms with Crippen molar-refractivity contribution in [3.8, 4) is 0 Å². The van der Waals surface area contributed by atoms with Gasteiger partial charge in [-0.1, -0.05) is 48.0 Å². The minimum Gasteiger partial charge on any atom is -0.295 e. The highest BCUT2D eigenvalue weighted by molar-refractivity contribution is 7.80. The van der Waals surface area contributed by atoms with Crippen LogP contribution in [0.1, 0.15) is 46.9 Å². The Hall–Kier alpha value is -2.19. The van der Waals surface area contributed by atoms with Crippen molar-refractivity contribution in [1.82, 2.24) is 15.1 Å². The van der Waals surface area contributed by atoms with Crippen LogP contribution in [0.4, 0.5) is 4.39 Å². The summed E-state index contributed by atoms with van der Waals surface area (Å²) < 4.78 is 13.8. The molecule has 0 aliphatic carbocycles. The highest BCUT2D eigenvalue weighted by Gasteiger charge is 2.39. The number of imide groups is 1. The third-order valence-corrected chi connectivity index (χ3v) is 7.80. The lowest BCUT2D eigenvalue weighted by molar-refractivity contribution is -0.137. The van der Waals surface area contributed by atoms with Crippen LogP contribution in [0.3, 0.4) is 0 Å². The number of halogens is 2. The zero-order valence-corrected chi connectivity index (χ0v) is 19.7. The summed E-state index contributed by atoms with van der Waals surface area (Å²) in [6.45, 7) is 3.03. The standard InChI is InChI=1S/C25H25ClFN3O2S/c26-23-17(4-2-6-20(23)27)15-9-11-29(12-10-15)13-16-3-1-5-18-19(16)14-30(25(18)33)21-7-8-22(31)28-24(21)32/h1-6,9,21,25,33H,7-8,10-14H2,(H,28,31,32). The van der Waals surface area contributed by atoms with E-state index in [9.17, 15) is 14.0 Å². The van der Waals surface area contributed by atoms with E-state index in [2.05, 4.69) is 33.3 Å². The smallest absolute Gasteiger partial charge is 0.243 e. The van der Waals surface area contributed by atoms with Crippen LogP contribution in [0.15, 0.2) is 42.5 Å². The van der Waals surface area contributed by atoms with Crippen LogP contribution in [0.25, 0.3) is 5.57 Å². The first-order valence-electron chi connectivity index (χ1n) is 11.2. The van der Waals surface area contributed by atoms with Gasteiger partial charge in [-0.2, -0.15) is 12.6 Å². The first-order chi connectivity index (χ1) is 15.9. The van der Waals surface area contributed by atoms with Crippen LogP contribution >= 0.6 is 24.2 Å². The molecule has 1 fully saturated rings. The highest BCUT2D eigenvalue weighted by atomic mass is 35.5. The zero-order valence-electron chi connectivity index (χ0n) is 18.1. The van der Waals surface area contributed by atoms with Crippen molar-refractivity contribution in [2.24, 2.45) is 0 Å². The molecule has 5 nitrogen and oxygen atoms in total. The van der Waals surface area contributed by atoms with Gasteiger partial charge in [-0.15, -0.1) is 0 Å². The molecule has 2 aromatic carbocycles. The minimum atomic E-state index is -0.390. The van der Waals surface area contributed by atoms with E-state index in [0.29, 0.717) is 19.4 Å².